The highest BCUT2D eigenvalue weighted by atomic mass is 16.4. The van der Waals surface area contributed by atoms with Crippen molar-refractivity contribution in [1.29, 1.82) is 0 Å². The Hall–Kier alpha value is -1.71. The molecule has 4 heteroatoms. The molecule has 17 heavy (non-hydrogen) atoms. The summed E-state index contributed by atoms with van der Waals surface area (Å²) in [5.74, 6) is -0.951. The van der Waals surface area contributed by atoms with Crippen LogP contribution in [0.15, 0.2) is 18.2 Å². The molecule has 0 unspecified atom stereocenters. The van der Waals surface area contributed by atoms with E-state index in [0.717, 1.165) is 6.54 Å². The fourth-order valence-corrected chi connectivity index (χ4v) is 1.95. The van der Waals surface area contributed by atoms with Gasteiger partial charge in [0.1, 0.15) is 0 Å². The van der Waals surface area contributed by atoms with Crippen molar-refractivity contribution in [1.82, 2.24) is 0 Å². The van der Waals surface area contributed by atoms with E-state index < -0.39 is 5.97 Å². The number of para-hydroxylation sites is 1. The third-order valence-corrected chi connectivity index (χ3v) is 2.39. The maximum atomic E-state index is 11.2. The summed E-state index contributed by atoms with van der Waals surface area (Å²) < 4.78 is 0. The average Bonchev–Trinajstić information content (AvgIpc) is 2.13. The van der Waals surface area contributed by atoms with E-state index in [1.54, 1.807) is 18.2 Å². The molecule has 0 aromatic heterocycles. The van der Waals surface area contributed by atoms with E-state index in [0.29, 0.717) is 11.4 Å². The Morgan fingerprint density at radius 1 is 1.41 bits per heavy atom. The van der Waals surface area contributed by atoms with E-state index in [2.05, 4.69) is 20.8 Å². The second-order valence-electron chi connectivity index (χ2n) is 5.47. The lowest BCUT2D eigenvalue weighted by atomic mass is 9.95. The van der Waals surface area contributed by atoms with E-state index in [9.17, 15) is 4.79 Å². The molecule has 0 aliphatic heterocycles. The fourth-order valence-electron chi connectivity index (χ4n) is 1.95. The second kappa shape index (κ2) is 4.65. The summed E-state index contributed by atoms with van der Waals surface area (Å²) >= 11 is 0. The van der Waals surface area contributed by atoms with Gasteiger partial charge in [-0.2, -0.15) is 0 Å². The van der Waals surface area contributed by atoms with Crippen LogP contribution in [0.5, 0.6) is 0 Å². The summed E-state index contributed by atoms with van der Waals surface area (Å²) in [6.07, 6.45) is 0. The van der Waals surface area contributed by atoms with Crippen molar-refractivity contribution in [2.45, 2.75) is 20.8 Å². The fraction of sp³-hybridized carbons (Fsp3) is 0.462. The molecule has 0 atom stereocenters. The lowest BCUT2D eigenvalue weighted by Crippen LogP contribution is -2.30. The van der Waals surface area contributed by atoms with Crippen molar-refractivity contribution in [2.75, 3.05) is 24.2 Å². The van der Waals surface area contributed by atoms with Crippen LogP contribution < -0.4 is 10.6 Å². The van der Waals surface area contributed by atoms with E-state index in [4.69, 9.17) is 10.8 Å². The van der Waals surface area contributed by atoms with Gasteiger partial charge in [-0.3, -0.25) is 0 Å². The van der Waals surface area contributed by atoms with Crippen molar-refractivity contribution >= 4 is 17.3 Å². The van der Waals surface area contributed by atoms with Crippen molar-refractivity contribution in [3.63, 3.8) is 0 Å². The number of nitrogen functional groups attached to an aromatic ring is 1. The molecule has 0 fully saturated rings. The first-order chi connectivity index (χ1) is 7.72. The van der Waals surface area contributed by atoms with Crippen LogP contribution in [0.4, 0.5) is 11.4 Å². The highest BCUT2D eigenvalue weighted by Gasteiger charge is 2.20. The first kappa shape index (κ1) is 13.4. The van der Waals surface area contributed by atoms with Crippen LogP contribution in [0.25, 0.3) is 0 Å². The van der Waals surface area contributed by atoms with Gasteiger partial charge in [-0.25, -0.2) is 4.79 Å². The minimum absolute atomic E-state index is 0.0762. The van der Waals surface area contributed by atoms with Gasteiger partial charge in [-0.15, -0.1) is 0 Å². The maximum absolute atomic E-state index is 11.2. The van der Waals surface area contributed by atoms with Crippen LogP contribution in [-0.4, -0.2) is 24.7 Å². The summed E-state index contributed by atoms with van der Waals surface area (Å²) in [6.45, 7) is 7.04. The van der Waals surface area contributed by atoms with Crippen molar-refractivity contribution in [3.05, 3.63) is 23.8 Å². The van der Waals surface area contributed by atoms with Gasteiger partial charge in [-0.05, 0) is 17.5 Å². The van der Waals surface area contributed by atoms with Gasteiger partial charge < -0.3 is 15.7 Å². The lowest BCUT2D eigenvalue weighted by Gasteiger charge is -2.30. The molecule has 1 rings (SSSR count). The molecule has 4 nitrogen and oxygen atoms in total. The standard InChI is InChI=1S/C13H20N2O2/c1-13(2,3)8-15(4)11-9(12(16)17)6-5-7-10(11)14/h5-7H,8,14H2,1-4H3,(H,16,17). The van der Waals surface area contributed by atoms with Crippen LogP contribution in [0.2, 0.25) is 0 Å². The number of hydrogen-bond donors (Lipinski definition) is 2. The molecule has 0 radical (unpaired) electrons. The number of nitrogens with two attached hydrogens (primary N) is 1. The molecule has 0 heterocycles. The third kappa shape index (κ3) is 3.37. The zero-order valence-corrected chi connectivity index (χ0v) is 10.8. The summed E-state index contributed by atoms with van der Waals surface area (Å²) in [5.41, 5.74) is 7.29. The first-order valence-electron chi connectivity index (χ1n) is 5.55. The number of carbonyl (C=O) groups is 1. The molecular formula is C13H20N2O2. The molecule has 1 aromatic rings. The summed E-state index contributed by atoms with van der Waals surface area (Å²) in [4.78, 5) is 13.1. The zero-order chi connectivity index (χ0) is 13.2. The molecular weight excluding hydrogens is 216 g/mol. The molecule has 94 valence electrons. The quantitative estimate of drug-likeness (QED) is 0.791. The Morgan fingerprint density at radius 2 is 2.00 bits per heavy atom. The van der Waals surface area contributed by atoms with Crippen molar-refractivity contribution in [2.24, 2.45) is 5.41 Å². The van der Waals surface area contributed by atoms with Crippen LogP contribution in [0.3, 0.4) is 0 Å². The Bertz CT molecular complexity index is 422. The van der Waals surface area contributed by atoms with Gasteiger partial charge >= 0.3 is 5.97 Å². The number of carboxylic acids is 1. The van der Waals surface area contributed by atoms with Crippen molar-refractivity contribution < 1.29 is 9.90 Å². The number of anilines is 2. The van der Waals surface area contributed by atoms with Gasteiger partial charge in [0.15, 0.2) is 0 Å². The smallest absolute Gasteiger partial charge is 0.337 e. The Kier molecular flexibility index (Phi) is 3.66. The molecule has 0 spiro atoms. The molecule has 0 aliphatic carbocycles. The number of aromatic carboxylic acids is 1. The van der Waals surface area contributed by atoms with Gasteiger partial charge in [0, 0.05) is 13.6 Å². The van der Waals surface area contributed by atoms with E-state index in [1.807, 2.05) is 11.9 Å². The number of rotatable bonds is 3. The molecule has 0 saturated carbocycles. The Balaban J connectivity index is 3.16. The van der Waals surface area contributed by atoms with Crippen LogP contribution in [0, 0.1) is 5.41 Å². The molecule has 0 amide bonds. The molecule has 0 aliphatic rings. The zero-order valence-electron chi connectivity index (χ0n) is 10.8. The van der Waals surface area contributed by atoms with Gasteiger partial charge in [0.2, 0.25) is 0 Å². The number of nitrogens with zero attached hydrogens (tertiary/aromatic N) is 1. The Labute approximate surface area is 102 Å². The monoisotopic (exact) mass is 236 g/mol. The first-order valence-corrected chi connectivity index (χ1v) is 5.55. The maximum Gasteiger partial charge on any atom is 0.337 e. The van der Waals surface area contributed by atoms with Crippen molar-refractivity contribution in [3.8, 4) is 0 Å². The average molecular weight is 236 g/mol. The predicted molar refractivity (Wildman–Crippen MR) is 70.5 cm³/mol. The molecule has 0 bridgehead atoms. The van der Waals surface area contributed by atoms with Gasteiger partial charge in [0.05, 0.1) is 16.9 Å². The SMILES string of the molecule is CN(CC(C)(C)C)c1c(N)cccc1C(=O)O. The highest BCUT2D eigenvalue weighted by molar-refractivity contribution is 5.97. The van der Waals surface area contributed by atoms with E-state index in [1.165, 1.54) is 0 Å². The number of hydrogen-bond acceptors (Lipinski definition) is 3. The molecule has 1 aromatic carbocycles. The van der Waals surface area contributed by atoms with Crippen LogP contribution in [-0.2, 0) is 0 Å². The molecule has 3 N–H and O–H groups in total. The third-order valence-electron chi connectivity index (χ3n) is 2.39. The normalized spacial score (nSPS) is 11.3. The van der Waals surface area contributed by atoms with Gasteiger partial charge in [0.25, 0.3) is 0 Å². The van der Waals surface area contributed by atoms with E-state index in [-0.39, 0.29) is 11.0 Å². The highest BCUT2D eigenvalue weighted by Crippen LogP contribution is 2.29. The summed E-state index contributed by atoms with van der Waals surface area (Å²) in [6, 6.07) is 4.96. The lowest BCUT2D eigenvalue weighted by molar-refractivity contribution is 0.0697. The number of benzene rings is 1. The van der Waals surface area contributed by atoms with Crippen LogP contribution in [0.1, 0.15) is 31.1 Å². The van der Waals surface area contributed by atoms with Gasteiger partial charge in [-0.1, -0.05) is 26.8 Å². The minimum Gasteiger partial charge on any atom is -0.478 e. The second-order valence-corrected chi connectivity index (χ2v) is 5.47. The number of carboxylic acid groups (broad SMARTS) is 1. The molecule has 0 saturated heterocycles. The Morgan fingerprint density at radius 3 is 2.47 bits per heavy atom. The minimum atomic E-state index is -0.951. The largest absolute Gasteiger partial charge is 0.478 e. The van der Waals surface area contributed by atoms with Crippen LogP contribution >= 0.6 is 0 Å². The topological polar surface area (TPSA) is 66.6 Å². The predicted octanol–water partition coefficient (Wildman–Crippen LogP) is 2.45. The summed E-state index contributed by atoms with van der Waals surface area (Å²) in [7, 11) is 1.86. The van der Waals surface area contributed by atoms with E-state index >= 15 is 0 Å². The summed E-state index contributed by atoms with van der Waals surface area (Å²) in [5, 5.41) is 9.16.